The number of hydrogen-bond acceptors (Lipinski definition) is 4. The quantitative estimate of drug-likeness (QED) is 0.186. The number of ether oxygens (including phenoxy) is 1. The molecule has 4 aromatic carbocycles. The van der Waals surface area contributed by atoms with Crippen LogP contribution in [-0.2, 0) is 0 Å². The van der Waals surface area contributed by atoms with Crippen molar-refractivity contribution in [1.82, 2.24) is 15.2 Å². The minimum atomic E-state index is -0.0820. The molecular weight excluding hydrogens is 554 g/mol. The van der Waals surface area contributed by atoms with Gasteiger partial charge in [-0.05, 0) is 42.9 Å². The monoisotopic (exact) mass is 595 g/mol. The molecule has 1 N–H and O–H groups in total. The van der Waals surface area contributed by atoms with Crippen molar-refractivity contribution in [3.8, 4) is 17.0 Å². The van der Waals surface area contributed by atoms with Gasteiger partial charge in [0.1, 0.15) is 11.8 Å². The van der Waals surface area contributed by atoms with Crippen LogP contribution in [0.4, 0.5) is 0 Å². The first-order chi connectivity index (χ1) is 22.2. The molecule has 2 aliphatic rings. The number of amides is 1. The highest BCUT2D eigenvalue weighted by Gasteiger charge is 2.37. The Morgan fingerprint density at radius 2 is 1.36 bits per heavy atom. The predicted molar refractivity (Wildman–Crippen MR) is 181 cm³/mol. The Kier molecular flexibility index (Phi) is 8.61. The van der Waals surface area contributed by atoms with Crippen molar-refractivity contribution >= 4 is 16.8 Å². The molecule has 1 amide bonds. The lowest BCUT2D eigenvalue weighted by Crippen LogP contribution is -2.55. The standard InChI is InChI=1S/C40H41N3O2/c1-28(29-16-6-2-7-17-29)41-40(44)36-34-24-14-15-25-35(34)42-37(30-18-8-3-9-19-30)39(36)45-33-26-43(27-33)38(31-20-10-4-11-21-31)32-22-12-5-13-23-32/h3-5,8-15,18-25,28-29,33,38H,2,6-7,16-17,26-27H2,1H3,(H,41,44)/t28-/m0/s1. The highest BCUT2D eigenvalue weighted by molar-refractivity contribution is 6.10. The smallest absolute Gasteiger partial charge is 0.256 e. The highest BCUT2D eigenvalue weighted by Crippen LogP contribution is 2.40. The second-order valence-electron chi connectivity index (χ2n) is 12.6. The molecule has 5 aromatic rings. The first-order valence-electron chi connectivity index (χ1n) is 16.5. The van der Waals surface area contributed by atoms with E-state index in [2.05, 4.69) is 77.8 Å². The number of aromatic nitrogens is 1. The van der Waals surface area contributed by atoms with Gasteiger partial charge in [-0.2, -0.15) is 0 Å². The van der Waals surface area contributed by atoms with Gasteiger partial charge in [-0.15, -0.1) is 0 Å². The van der Waals surface area contributed by atoms with Crippen LogP contribution in [0.3, 0.4) is 0 Å². The summed E-state index contributed by atoms with van der Waals surface area (Å²) in [5.74, 6) is 0.997. The molecular formula is C40H41N3O2. The fourth-order valence-corrected chi connectivity index (χ4v) is 7.16. The lowest BCUT2D eigenvalue weighted by Gasteiger charge is -2.44. The first-order valence-corrected chi connectivity index (χ1v) is 16.5. The van der Waals surface area contributed by atoms with E-state index < -0.39 is 0 Å². The SMILES string of the molecule is C[C@H](NC(=O)c1c(OC2CN(C(c3ccccc3)c3ccccc3)C2)c(-c2ccccc2)nc2ccccc12)C1CCCCC1. The minimum Gasteiger partial charge on any atom is -0.485 e. The normalized spacial score (nSPS) is 16.8. The molecule has 1 saturated heterocycles. The Hall–Kier alpha value is -4.48. The van der Waals surface area contributed by atoms with Crippen molar-refractivity contribution in [2.45, 2.75) is 57.2 Å². The largest absolute Gasteiger partial charge is 0.485 e. The third kappa shape index (κ3) is 6.23. The number of benzene rings is 4. The fraction of sp³-hybridized carbons (Fsp3) is 0.300. The Bertz CT molecular complexity index is 1690. The molecule has 0 unspecified atom stereocenters. The summed E-state index contributed by atoms with van der Waals surface area (Å²) in [7, 11) is 0. The molecule has 1 aliphatic carbocycles. The van der Waals surface area contributed by atoms with Crippen molar-refractivity contribution in [1.29, 1.82) is 0 Å². The lowest BCUT2D eigenvalue weighted by molar-refractivity contribution is 0.000120. The van der Waals surface area contributed by atoms with Gasteiger partial charge in [0, 0.05) is 30.1 Å². The van der Waals surface area contributed by atoms with Gasteiger partial charge in [0.15, 0.2) is 5.75 Å². The molecule has 1 atom stereocenters. The van der Waals surface area contributed by atoms with Crippen molar-refractivity contribution in [3.63, 3.8) is 0 Å². The topological polar surface area (TPSA) is 54.5 Å². The van der Waals surface area contributed by atoms with Gasteiger partial charge < -0.3 is 10.1 Å². The van der Waals surface area contributed by atoms with Gasteiger partial charge in [-0.1, -0.05) is 128 Å². The third-order valence-electron chi connectivity index (χ3n) is 9.59. The van der Waals surface area contributed by atoms with Gasteiger partial charge in [-0.25, -0.2) is 4.98 Å². The molecule has 1 aromatic heterocycles. The second kappa shape index (κ2) is 13.3. The maximum Gasteiger partial charge on any atom is 0.256 e. The van der Waals surface area contributed by atoms with Crippen LogP contribution in [0.5, 0.6) is 5.75 Å². The van der Waals surface area contributed by atoms with Crippen molar-refractivity contribution in [2.75, 3.05) is 13.1 Å². The zero-order chi connectivity index (χ0) is 30.6. The van der Waals surface area contributed by atoms with Crippen LogP contribution in [0, 0.1) is 5.92 Å². The molecule has 228 valence electrons. The van der Waals surface area contributed by atoms with E-state index in [0.29, 0.717) is 22.9 Å². The number of hydrogen-bond donors (Lipinski definition) is 1. The van der Waals surface area contributed by atoms with Crippen molar-refractivity contribution in [2.24, 2.45) is 5.92 Å². The summed E-state index contributed by atoms with van der Waals surface area (Å²) in [6.07, 6.45) is 6.02. The van der Waals surface area contributed by atoms with Gasteiger partial charge in [0.2, 0.25) is 0 Å². The lowest BCUT2D eigenvalue weighted by atomic mass is 9.84. The Labute approximate surface area is 266 Å². The van der Waals surface area contributed by atoms with Gasteiger partial charge >= 0.3 is 0 Å². The van der Waals surface area contributed by atoms with Gasteiger partial charge in [-0.3, -0.25) is 9.69 Å². The molecule has 1 aliphatic heterocycles. The van der Waals surface area contributed by atoms with Crippen molar-refractivity contribution in [3.05, 3.63) is 132 Å². The number of nitrogens with zero attached hydrogens (tertiary/aromatic N) is 2. The maximum absolute atomic E-state index is 14.3. The molecule has 5 heteroatoms. The third-order valence-corrected chi connectivity index (χ3v) is 9.59. The number of pyridine rings is 1. The highest BCUT2D eigenvalue weighted by atomic mass is 16.5. The average molecular weight is 596 g/mol. The Balaban J connectivity index is 1.23. The van der Waals surface area contributed by atoms with E-state index >= 15 is 0 Å². The summed E-state index contributed by atoms with van der Waals surface area (Å²) in [5, 5.41) is 4.22. The minimum absolute atomic E-state index is 0.0762. The van der Waals surface area contributed by atoms with Crippen LogP contribution in [0.25, 0.3) is 22.2 Å². The summed E-state index contributed by atoms with van der Waals surface area (Å²) in [5.41, 5.74) is 5.56. The Morgan fingerprint density at radius 1 is 0.778 bits per heavy atom. The predicted octanol–water partition coefficient (Wildman–Crippen LogP) is 8.45. The van der Waals surface area contributed by atoms with E-state index in [1.807, 2.05) is 54.6 Å². The number of carbonyl (C=O) groups is 1. The number of para-hydroxylation sites is 1. The molecule has 0 bridgehead atoms. The molecule has 45 heavy (non-hydrogen) atoms. The van der Waals surface area contributed by atoms with E-state index in [0.717, 1.165) is 29.6 Å². The van der Waals surface area contributed by atoms with Crippen LogP contribution < -0.4 is 10.1 Å². The van der Waals surface area contributed by atoms with E-state index in [4.69, 9.17) is 9.72 Å². The molecule has 2 heterocycles. The number of fused-ring (bicyclic) bond motifs is 1. The molecule has 0 spiro atoms. The summed E-state index contributed by atoms with van der Waals surface area (Å²) >= 11 is 0. The summed E-state index contributed by atoms with van der Waals surface area (Å²) in [6.45, 7) is 3.65. The van der Waals surface area contributed by atoms with Crippen LogP contribution in [-0.4, -0.2) is 41.0 Å². The van der Waals surface area contributed by atoms with Crippen LogP contribution >= 0.6 is 0 Å². The van der Waals surface area contributed by atoms with Crippen LogP contribution in [0.1, 0.15) is 66.6 Å². The molecule has 5 nitrogen and oxygen atoms in total. The summed E-state index contributed by atoms with van der Waals surface area (Å²) in [6, 6.07) is 39.6. The average Bonchev–Trinajstić information content (AvgIpc) is 3.08. The van der Waals surface area contributed by atoms with Gasteiger partial charge in [0.25, 0.3) is 5.91 Å². The van der Waals surface area contributed by atoms with E-state index in [-0.39, 0.29) is 24.1 Å². The summed E-state index contributed by atoms with van der Waals surface area (Å²) in [4.78, 5) is 21.9. The van der Waals surface area contributed by atoms with E-state index in [1.165, 1.54) is 43.2 Å². The summed E-state index contributed by atoms with van der Waals surface area (Å²) < 4.78 is 6.91. The zero-order valence-electron chi connectivity index (χ0n) is 25.9. The number of nitrogens with one attached hydrogen (secondary N) is 1. The second-order valence-corrected chi connectivity index (χ2v) is 12.6. The zero-order valence-corrected chi connectivity index (χ0v) is 25.9. The Morgan fingerprint density at radius 3 is 2.00 bits per heavy atom. The number of likely N-dealkylation sites (tertiary alicyclic amines) is 1. The van der Waals surface area contributed by atoms with Crippen LogP contribution in [0.15, 0.2) is 115 Å². The molecule has 2 fully saturated rings. The van der Waals surface area contributed by atoms with Crippen LogP contribution in [0.2, 0.25) is 0 Å². The molecule has 0 radical (unpaired) electrons. The number of rotatable bonds is 9. The van der Waals surface area contributed by atoms with Gasteiger partial charge in [0.05, 0.1) is 17.1 Å². The maximum atomic E-state index is 14.3. The number of carbonyl (C=O) groups excluding carboxylic acids is 1. The van der Waals surface area contributed by atoms with Crippen molar-refractivity contribution < 1.29 is 9.53 Å². The molecule has 7 rings (SSSR count). The first kappa shape index (κ1) is 29.2. The van der Waals surface area contributed by atoms with E-state index in [1.54, 1.807) is 0 Å². The fourth-order valence-electron chi connectivity index (χ4n) is 7.16. The molecule has 1 saturated carbocycles. The van der Waals surface area contributed by atoms with E-state index in [9.17, 15) is 4.79 Å².